The quantitative estimate of drug-likeness (QED) is 0.497. The number of carbonyl (C=O) groups is 3. The van der Waals surface area contributed by atoms with Crippen molar-refractivity contribution >= 4 is 29.2 Å². The van der Waals surface area contributed by atoms with Gasteiger partial charge in [0.25, 0.3) is 0 Å². The summed E-state index contributed by atoms with van der Waals surface area (Å²) in [6, 6.07) is 0. The molecule has 0 spiro atoms. The Balaban J connectivity index is 2.94. The number of nitrogen functional groups attached to an aromatic ring is 1. The number of anilines is 2. The van der Waals surface area contributed by atoms with E-state index in [4.69, 9.17) is 15.2 Å². The van der Waals surface area contributed by atoms with Crippen LogP contribution in [0.5, 0.6) is 0 Å². The van der Waals surface area contributed by atoms with Crippen LogP contribution < -0.4 is 10.6 Å². The van der Waals surface area contributed by atoms with E-state index >= 15 is 0 Å². The Bertz CT molecular complexity index is 741. The van der Waals surface area contributed by atoms with Crippen molar-refractivity contribution < 1.29 is 23.9 Å². The number of ether oxygens (including phenoxy) is 2. The Kier molecular flexibility index (Phi) is 3.84. The molecule has 0 fully saturated rings. The molecule has 1 amide bonds. The minimum atomic E-state index is -1.49. The maximum absolute atomic E-state index is 12.7. The number of amides is 1. The van der Waals surface area contributed by atoms with E-state index in [-0.39, 0.29) is 11.3 Å². The maximum atomic E-state index is 12.7. The van der Waals surface area contributed by atoms with E-state index in [0.717, 1.165) is 0 Å². The second-order valence-electron chi connectivity index (χ2n) is 5.73. The van der Waals surface area contributed by atoms with Gasteiger partial charge in [0.05, 0.1) is 25.5 Å². The van der Waals surface area contributed by atoms with Crippen LogP contribution in [0.1, 0.15) is 34.0 Å². The number of likely N-dealkylation sites (N-methyl/N-ethyl adjacent to an activating group) is 1. The standard InChI is InChI=1S/C16H20N2O5/c1-7-9(13(19)22-5)11(17)8(2)10-12(7)18(4)14(20)16(10,3)15(21)23-6/h17H2,1-6H3. The van der Waals surface area contributed by atoms with E-state index in [2.05, 4.69) is 0 Å². The number of carbonyl (C=O) groups excluding carboxylic acids is 3. The van der Waals surface area contributed by atoms with Gasteiger partial charge in [-0.2, -0.15) is 0 Å². The fourth-order valence-corrected chi connectivity index (χ4v) is 3.34. The van der Waals surface area contributed by atoms with Crippen LogP contribution in [0.25, 0.3) is 0 Å². The molecule has 2 N–H and O–H groups in total. The van der Waals surface area contributed by atoms with Crippen molar-refractivity contribution in [3.05, 3.63) is 22.3 Å². The van der Waals surface area contributed by atoms with Crippen molar-refractivity contribution in [3.8, 4) is 0 Å². The van der Waals surface area contributed by atoms with Gasteiger partial charge in [-0.1, -0.05) is 0 Å². The lowest BCUT2D eigenvalue weighted by Crippen LogP contribution is -2.43. The van der Waals surface area contributed by atoms with E-state index < -0.39 is 23.3 Å². The van der Waals surface area contributed by atoms with Crippen LogP contribution >= 0.6 is 0 Å². The third-order valence-corrected chi connectivity index (χ3v) is 4.57. The van der Waals surface area contributed by atoms with Gasteiger partial charge in [0.15, 0.2) is 5.41 Å². The molecule has 0 bridgehead atoms. The first kappa shape index (κ1) is 16.8. The molecule has 1 unspecified atom stereocenters. The van der Waals surface area contributed by atoms with Gasteiger partial charge in [0.2, 0.25) is 5.91 Å². The molecular weight excluding hydrogens is 300 g/mol. The molecule has 7 nitrogen and oxygen atoms in total. The number of rotatable bonds is 2. The summed E-state index contributed by atoms with van der Waals surface area (Å²) in [5.41, 5.74) is 6.98. The molecule has 1 aliphatic rings. The summed E-state index contributed by atoms with van der Waals surface area (Å²) in [6.45, 7) is 4.86. The van der Waals surface area contributed by atoms with Gasteiger partial charge >= 0.3 is 11.9 Å². The molecule has 1 atom stereocenters. The molecule has 1 aromatic rings. The molecular formula is C16H20N2O5. The number of hydrogen-bond acceptors (Lipinski definition) is 6. The monoisotopic (exact) mass is 320 g/mol. The lowest BCUT2D eigenvalue weighted by Gasteiger charge is -2.23. The summed E-state index contributed by atoms with van der Waals surface area (Å²) in [4.78, 5) is 38.4. The van der Waals surface area contributed by atoms with Crippen molar-refractivity contribution in [1.82, 2.24) is 0 Å². The van der Waals surface area contributed by atoms with Gasteiger partial charge in [0.1, 0.15) is 0 Å². The molecule has 1 aromatic carbocycles. The van der Waals surface area contributed by atoms with Crippen molar-refractivity contribution in [2.75, 3.05) is 31.9 Å². The van der Waals surface area contributed by atoms with Crippen LogP contribution in [-0.4, -0.2) is 39.1 Å². The zero-order chi connectivity index (χ0) is 17.7. The van der Waals surface area contributed by atoms with E-state index in [9.17, 15) is 14.4 Å². The molecule has 7 heteroatoms. The van der Waals surface area contributed by atoms with Gasteiger partial charge in [-0.3, -0.25) is 9.59 Å². The minimum absolute atomic E-state index is 0.200. The summed E-state index contributed by atoms with van der Waals surface area (Å²) >= 11 is 0. The van der Waals surface area contributed by atoms with E-state index in [1.807, 2.05) is 0 Å². The van der Waals surface area contributed by atoms with Gasteiger partial charge in [-0.25, -0.2) is 4.79 Å². The van der Waals surface area contributed by atoms with Gasteiger partial charge in [-0.15, -0.1) is 0 Å². The van der Waals surface area contributed by atoms with E-state index in [0.29, 0.717) is 22.4 Å². The molecule has 0 radical (unpaired) electrons. The van der Waals surface area contributed by atoms with E-state index in [1.54, 1.807) is 20.9 Å². The SMILES string of the molecule is COC(=O)c1c(C)c2c(c(C)c1N)C(C)(C(=O)OC)C(=O)N2C. The highest BCUT2D eigenvalue weighted by molar-refractivity contribution is 6.22. The number of nitrogens with two attached hydrogens (primary N) is 1. The molecule has 2 rings (SSSR count). The molecule has 0 aromatic heterocycles. The summed E-state index contributed by atoms with van der Waals surface area (Å²) < 4.78 is 9.61. The number of esters is 2. The largest absolute Gasteiger partial charge is 0.468 e. The summed E-state index contributed by atoms with van der Waals surface area (Å²) in [5, 5.41) is 0. The first-order valence-corrected chi connectivity index (χ1v) is 7.02. The van der Waals surface area contributed by atoms with Crippen LogP contribution in [0.4, 0.5) is 11.4 Å². The molecule has 124 valence electrons. The number of nitrogens with zero attached hydrogens (tertiary/aromatic N) is 1. The maximum Gasteiger partial charge on any atom is 0.340 e. The van der Waals surface area contributed by atoms with Crippen LogP contribution in [0.15, 0.2) is 0 Å². The van der Waals surface area contributed by atoms with Crippen LogP contribution in [0.2, 0.25) is 0 Å². The highest BCUT2D eigenvalue weighted by atomic mass is 16.5. The molecule has 0 saturated carbocycles. The summed E-state index contributed by atoms with van der Waals surface area (Å²) in [7, 11) is 4.05. The topological polar surface area (TPSA) is 98.9 Å². The average molecular weight is 320 g/mol. The Morgan fingerprint density at radius 1 is 1.13 bits per heavy atom. The Morgan fingerprint density at radius 2 is 1.70 bits per heavy atom. The number of hydrogen-bond donors (Lipinski definition) is 1. The zero-order valence-electron chi connectivity index (χ0n) is 14.1. The highest BCUT2D eigenvalue weighted by Gasteiger charge is 2.55. The van der Waals surface area contributed by atoms with Crippen molar-refractivity contribution in [2.24, 2.45) is 0 Å². The predicted octanol–water partition coefficient (Wildman–Crippen LogP) is 1.08. The third-order valence-electron chi connectivity index (χ3n) is 4.57. The van der Waals surface area contributed by atoms with Gasteiger partial charge < -0.3 is 20.1 Å². The summed E-state index contributed by atoms with van der Waals surface area (Å²) in [5.74, 6) is -1.67. The lowest BCUT2D eigenvalue weighted by molar-refractivity contribution is -0.150. The van der Waals surface area contributed by atoms with E-state index in [1.165, 1.54) is 26.0 Å². The molecule has 0 saturated heterocycles. The Hall–Kier alpha value is -2.57. The fourth-order valence-electron chi connectivity index (χ4n) is 3.34. The first-order valence-electron chi connectivity index (χ1n) is 7.02. The molecule has 1 heterocycles. The number of benzene rings is 1. The minimum Gasteiger partial charge on any atom is -0.468 e. The predicted molar refractivity (Wildman–Crippen MR) is 84.4 cm³/mol. The second kappa shape index (κ2) is 5.26. The van der Waals surface area contributed by atoms with Crippen LogP contribution in [0, 0.1) is 13.8 Å². The normalized spacial score (nSPS) is 19.6. The van der Waals surface area contributed by atoms with Gasteiger partial charge in [-0.05, 0) is 31.9 Å². The fraction of sp³-hybridized carbons (Fsp3) is 0.438. The van der Waals surface area contributed by atoms with Crippen LogP contribution in [0.3, 0.4) is 0 Å². The van der Waals surface area contributed by atoms with Gasteiger partial charge in [0, 0.05) is 18.3 Å². The number of methoxy groups -OCH3 is 2. The summed E-state index contributed by atoms with van der Waals surface area (Å²) in [6.07, 6.45) is 0. The highest BCUT2D eigenvalue weighted by Crippen LogP contribution is 2.48. The smallest absolute Gasteiger partial charge is 0.340 e. The van der Waals surface area contributed by atoms with Crippen LogP contribution in [-0.2, 0) is 24.5 Å². The Labute approximate surface area is 134 Å². The van der Waals surface area contributed by atoms with Crippen molar-refractivity contribution in [3.63, 3.8) is 0 Å². The first-order chi connectivity index (χ1) is 10.6. The van der Waals surface area contributed by atoms with Crippen molar-refractivity contribution in [1.29, 1.82) is 0 Å². The van der Waals surface area contributed by atoms with Crippen molar-refractivity contribution in [2.45, 2.75) is 26.2 Å². The molecule has 1 aliphatic heterocycles. The second-order valence-corrected chi connectivity index (χ2v) is 5.73. The third kappa shape index (κ3) is 1.92. The molecule has 0 aliphatic carbocycles. The lowest BCUT2D eigenvalue weighted by atomic mass is 9.79. The average Bonchev–Trinajstić information content (AvgIpc) is 2.74. The zero-order valence-corrected chi connectivity index (χ0v) is 14.1. The number of fused-ring (bicyclic) bond motifs is 1. The molecule has 23 heavy (non-hydrogen) atoms. The Morgan fingerprint density at radius 3 is 2.17 bits per heavy atom.